The van der Waals surface area contributed by atoms with Crippen molar-refractivity contribution in [1.29, 1.82) is 0 Å². The van der Waals surface area contributed by atoms with Gasteiger partial charge in [-0.1, -0.05) is 56.2 Å². The Labute approximate surface area is 101 Å². The van der Waals surface area contributed by atoms with E-state index in [1.54, 1.807) is 18.2 Å². The molecule has 0 aliphatic rings. The van der Waals surface area contributed by atoms with Gasteiger partial charge in [-0.05, 0) is 12.0 Å². The Balaban J connectivity index is 2.88. The Morgan fingerprint density at radius 3 is 2.65 bits per heavy atom. The monoisotopic (exact) mass is 232 g/mol. The normalized spacial score (nSPS) is 10.6. The largest absolute Gasteiger partial charge is 0.475 e. The summed E-state index contributed by atoms with van der Waals surface area (Å²) in [6.45, 7) is 2.11. The molecule has 0 amide bonds. The Kier molecular flexibility index (Phi) is 5.14. The zero-order chi connectivity index (χ0) is 12.7. The standard InChI is InChI=1S/C14H16O3/c1-2-3-4-5-8-11-9-6-7-10-12(11)13(15)14(16)17/h5-10H,2-4H2,1H3,(H,16,17). The summed E-state index contributed by atoms with van der Waals surface area (Å²) in [6.07, 6.45) is 6.92. The average Bonchev–Trinajstić information content (AvgIpc) is 2.34. The molecule has 1 aromatic carbocycles. The van der Waals surface area contributed by atoms with Crippen LogP contribution >= 0.6 is 0 Å². The highest BCUT2D eigenvalue weighted by Crippen LogP contribution is 2.12. The maximum Gasteiger partial charge on any atom is 0.377 e. The molecule has 1 rings (SSSR count). The van der Waals surface area contributed by atoms with Gasteiger partial charge in [0.2, 0.25) is 0 Å². The number of ketones is 1. The minimum absolute atomic E-state index is 0.243. The van der Waals surface area contributed by atoms with E-state index < -0.39 is 11.8 Å². The van der Waals surface area contributed by atoms with E-state index in [9.17, 15) is 9.59 Å². The fraction of sp³-hybridized carbons (Fsp3) is 0.286. The van der Waals surface area contributed by atoms with Crippen molar-refractivity contribution < 1.29 is 14.7 Å². The number of aliphatic carboxylic acids is 1. The van der Waals surface area contributed by atoms with Crippen molar-refractivity contribution in [3.8, 4) is 0 Å². The van der Waals surface area contributed by atoms with E-state index in [2.05, 4.69) is 6.92 Å². The molecular formula is C14H16O3. The fourth-order valence-corrected chi connectivity index (χ4v) is 1.50. The van der Waals surface area contributed by atoms with Crippen molar-refractivity contribution in [2.45, 2.75) is 26.2 Å². The lowest BCUT2D eigenvalue weighted by Crippen LogP contribution is -2.13. The molecule has 1 aromatic rings. The van der Waals surface area contributed by atoms with Crippen LogP contribution in [0.15, 0.2) is 30.3 Å². The van der Waals surface area contributed by atoms with E-state index in [4.69, 9.17) is 5.11 Å². The molecule has 0 heterocycles. The van der Waals surface area contributed by atoms with E-state index >= 15 is 0 Å². The van der Waals surface area contributed by atoms with Crippen LogP contribution in [0.1, 0.15) is 42.1 Å². The van der Waals surface area contributed by atoms with Gasteiger partial charge in [0.05, 0.1) is 0 Å². The first-order chi connectivity index (χ1) is 8.16. The van der Waals surface area contributed by atoms with Gasteiger partial charge in [0.25, 0.3) is 5.78 Å². The second kappa shape index (κ2) is 6.63. The number of unbranched alkanes of at least 4 members (excludes halogenated alkanes) is 2. The molecule has 90 valence electrons. The molecule has 0 atom stereocenters. The third kappa shape index (κ3) is 3.87. The highest BCUT2D eigenvalue weighted by Gasteiger charge is 2.16. The number of allylic oxidation sites excluding steroid dienone is 1. The van der Waals surface area contributed by atoms with Gasteiger partial charge >= 0.3 is 5.97 Å². The molecule has 0 fully saturated rings. The van der Waals surface area contributed by atoms with Gasteiger partial charge in [0.15, 0.2) is 0 Å². The van der Waals surface area contributed by atoms with Crippen LogP contribution in [0.2, 0.25) is 0 Å². The first-order valence-electron chi connectivity index (χ1n) is 5.70. The molecule has 0 unspecified atom stereocenters. The number of carbonyl (C=O) groups is 2. The van der Waals surface area contributed by atoms with E-state index in [1.165, 1.54) is 6.07 Å². The molecule has 3 nitrogen and oxygen atoms in total. The van der Waals surface area contributed by atoms with Crippen LogP contribution in [0, 0.1) is 0 Å². The van der Waals surface area contributed by atoms with Gasteiger partial charge in [0.1, 0.15) is 0 Å². The van der Waals surface area contributed by atoms with Crippen LogP contribution in [-0.2, 0) is 4.79 Å². The summed E-state index contributed by atoms with van der Waals surface area (Å²) in [5.74, 6) is -2.28. The molecule has 0 radical (unpaired) electrons. The van der Waals surface area contributed by atoms with Gasteiger partial charge in [-0.2, -0.15) is 0 Å². The quantitative estimate of drug-likeness (QED) is 0.465. The van der Waals surface area contributed by atoms with Crippen molar-refractivity contribution in [3.05, 3.63) is 41.5 Å². The highest BCUT2D eigenvalue weighted by molar-refractivity contribution is 6.40. The Hall–Kier alpha value is -1.90. The summed E-state index contributed by atoms with van der Waals surface area (Å²) in [7, 11) is 0. The van der Waals surface area contributed by atoms with Crippen molar-refractivity contribution in [3.63, 3.8) is 0 Å². The third-order valence-electron chi connectivity index (χ3n) is 2.42. The summed E-state index contributed by atoms with van der Waals surface area (Å²) >= 11 is 0. The SMILES string of the molecule is CCCCC=Cc1ccccc1C(=O)C(=O)O. The molecule has 17 heavy (non-hydrogen) atoms. The highest BCUT2D eigenvalue weighted by atomic mass is 16.4. The molecular weight excluding hydrogens is 216 g/mol. The Bertz CT molecular complexity index is 433. The molecule has 0 bridgehead atoms. The number of carboxylic acid groups (broad SMARTS) is 1. The minimum Gasteiger partial charge on any atom is -0.475 e. The van der Waals surface area contributed by atoms with E-state index in [0.29, 0.717) is 5.56 Å². The molecule has 0 aliphatic heterocycles. The van der Waals surface area contributed by atoms with Crippen LogP contribution in [-0.4, -0.2) is 16.9 Å². The number of Topliss-reactive ketones (excluding diaryl/α,β-unsaturated/α-hetero) is 1. The minimum atomic E-state index is -1.42. The van der Waals surface area contributed by atoms with Crippen molar-refractivity contribution in [2.75, 3.05) is 0 Å². The Morgan fingerprint density at radius 2 is 2.00 bits per heavy atom. The number of hydrogen-bond donors (Lipinski definition) is 1. The van der Waals surface area contributed by atoms with E-state index in [-0.39, 0.29) is 5.56 Å². The smallest absolute Gasteiger partial charge is 0.377 e. The average molecular weight is 232 g/mol. The second-order valence-electron chi connectivity index (χ2n) is 3.77. The molecule has 3 heteroatoms. The first kappa shape index (κ1) is 13.2. The summed E-state index contributed by atoms with van der Waals surface area (Å²) in [4.78, 5) is 22.1. The third-order valence-corrected chi connectivity index (χ3v) is 2.42. The summed E-state index contributed by atoms with van der Waals surface area (Å²) in [5.41, 5.74) is 0.906. The maximum atomic E-state index is 11.4. The summed E-state index contributed by atoms with van der Waals surface area (Å²) in [6, 6.07) is 6.74. The molecule has 0 aliphatic carbocycles. The topological polar surface area (TPSA) is 54.4 Å². The lowest BCUT2D eigenvalue weighted by molar-refractivity contribution is -0.131. The van der Waals surface area contributed by atoms with E-state index in [0.717, 1.165) is 19.3 Å². The zero-order valence-electron chi connectivity index (χ0n) is 9.85. The van der Waals surface area contributed by atoms with Crippen molar-refractivity contribution in [2.24, 2.45) is 0 Å². The van der Waals surface area contributed by atoms with Gasteiger partial charge in [-0.15, -0.1) is 0 Å². The summed E-state index contributed by atoms with van der Waals surface area (Å²) in [5, 5.41) is 8.70. The number of hydrogen-bond acceptors (Lipinski definition) is 2. The van der Waals surface area contributed by atoms with Crippen LogP contribution in [0.4, 0.5) is 0 Å². The molecule has 0 saturated heterocycles. The number of carboxylic acids is 1. The maximum absolute atomic E-state index is 11.4. The second-order valence-corrected chi connectivity index (χ2v) is 3.77. The van der Waals surface area contributed by atoms with Crippen LogP contribution in [0.3, 0.4) is 0 Å². The summed E-state index contributed by atoms with van der Waals surface area (Å²) < 4.78 is 0. The van der Waals surface area contributed by atoms with Crippen LogP contribution in [0.25, 0.3) is 6.08 Å². The predicted molar refractivity (Wildman–Crippen MR) is 67.0 cm³/mol. The number of benzene rings is 1. The lowest BCUT2D eigenvalue weighted by Gasteiger charge is -2.01. The lowest BCUT2D eigenvalue weighted by atomic mass is 10.0. The molecule has 0 saturated carbocycles. The first-order valence-corrected chi connectivity index (χ1v) is 5.70. The Morgan fingerprint density at radius 1 is 1.29 bits per heavy atom. The van der Waals surface area contributed by atoms with Crippen LogP contribution < -0.4 is 0 Å². The van der Waals surface area contributed by atoms with Gasteiger partial charge in [-0.3, -0.25) is 4.79 Å². The predicted octanol–water partition coefficient (Wildman–Crippen LogP) is 3.16. The molecule has 0 aromatic heterocycles. The zero-order valence-corrected chi connectivity index (χ0v) is 9.85. The fourth-order valence-electron chi connectivity index (χ4n) is 1.50. The van der Waals surface area contributed by atoms with E-state index in [1.807, 2.05) is 12.2 Å². The van der Waals surface area contributed by atoms with Gasteiger partial charge < -0.3 is 5.11 Å². The molecule has 1 N–H and O–H groups in total. The number of carbonyl (C=O) groups excluding carboxylic acids is 1. The van der Waals surface area contributed by atoms with Crippen molar-refractivity contribution >= 4 is 17.8 Å². The van der Waals surface area contributed by atoms with Gasteiger partial charge in [-0.25, -0.2) is 4.79 Å². The van der Waals surface area contributed by atoms with Crippen LogP contribution in [0.5, 0.6) is 0 Å². The van der Waals surface area contributed by atoms with Crippen molar-refractivity contribution in [1.82, 2.24) is 0 Å². The number of rotatable bonds is 6. The molecule has 0 spiro atoms. The van der Waals surface area contributed by atoms with Gasteiger partial charge in [0, 0.05) is 5.56 Å².